The standard InChI is InChI=1S/C11H14N4/c12-6-9-5-10(8-14-7-9)11-3-1-2-4-15(11)13/h5,7-8,11H,1-4,13H2/t11-/m0/s1. The molecule has 1 aliphatic rings. The first-order chi connectivity index (χ1) is 7.31. The summed E-state index contributed by atoms with van der Waals surface area (Å²) in [5.41, 5.74) is 1.66. The number of rotatable bonds is 1. The van der Waals surface area contributed by atoms with Crippen LogP contribution in [-0.4, -0.2) is 16.5 Å². The van der Waals surface area contributed by atoms with Gasteiger partial charge in [0, 0.05) is 18.9 Å². The second kappa shape index (κ2) is 4.39. The third-order valence-electron chi connectivity index (χ3n) is 2.82. The van der Waals surface area contributed by atoms with Gasteiger partial charge < -0.3 is 0 Å². The van der Waals surface area contributed by atoms with Gasteiger partial charge in [0.2, 0.25) is 0 Å². The summed E-state index contributed by atoms with van der Waals surface area (Å²) >= 11 is 0. The van der Waals surface area contributed by atoms with Gasteiger partial charge in [-0.25, -0.2) is 5.01 Å². The van der Waals surface area contributed by atoms with Gasteiger partial charge in [-0.05, 0) is 24.5 Å². The van der Waals surface area contributed by atoms with E-state index in [1.165, 1.54) is 6.42 Å². The smallest absolute Gasteiger partial charge is 0.101 e. The van der Waals surface area contributed by atoms with Crippen LogP contribution in [0.2, 0.25) is 0 Å². The van der Waals surface area contributed by atoms with E-state index < -0.39 is 0 Å². The van der Waals surface area contributed by atoms with Crippen LogP contribution in [-0.2, 0) is 0 Å². The molecule has 1 saturated heterocycles. The first-order valence-electron chi connectivity index (χ1n) is 5.17. The number of hydrazine groups is 1. The highest BCUT2D eigenvalue weighted by molar-refractivity contribution is 5.30. The predicted molar refractivity (Wildman–Crippen MR) is 56.4 cm³/mol. The number of piperidine rings is 1. The van der Waals surface area contributed by atoms with Crippen LogP contribution in [0, 0.1) is 11.3 Å². The summed E-state index contributed by atoms with van der Waals surface area (Å²) in [6, 6.07) is 4.20. The summed E-state index contributed by atoms with van der Waals surface area (Å²) in [5, 5.41) is 10.6. The van der Waals surface area contributed by atoms with Gasteiger partial charge in [-0.1, -0.05) is 6.42 Å². The van der Waals surface area contributed by atoms with Crippen molar-refractivity contribution in [2.75, 3.05) is 6.54 Å². The van der Waals surface area contributed by atoms with Crippen LogP contribution >= 0.6 is 0 Å². The summed E-state index contributed by atoms with van der Waals surface area (Å²) in [6.07, 6.45) is 6.77. The van der Waals surface area contributed by atoms with E-state index in [0.717, 1.165) is 24.9 Å². The highest BCUT2D eigenvalue weighted by Crippen LogP contribution is 2.27. The van der Waals surface area contributed by atoms with Crippen LogP contribution < -0.4 is 5.84 Å². The highest BCUT2D eigenvalue weighted by atomic mass is 15.4. The van der Waals surface area contributed by atoms with Gasteiger partial charge in [0.05, 0.1) is 11.6 Å². The molecule has 0 aliphatic carbocycles. The lowest BCUT2D eigenvalue weighted by atomic mass is 9.97. The summed E-state index contributed by atoms with van der Waals surface area (Å²) in [5.74, 6) is 5.93. The summed E-state index contributed by atoms with van der Waals surface area (Å²) in [6.45, 7) is 0.918. The third kappa shape index (κ3) is 2.14. The van der Waals surface area contributed by atoms with E-state index in [0.29, 0.717) is 5.56 Å². The molecule has 78 valence electrons. The maximum absolute atomic E-state index is 8.79. The van der Waals surface area contributed by atoms with Crippen LogP contribution in [0.3, 0.4) is 0 Å². The van der Waals surface area contributed by atoms with Gasteiger partial charge in [0.1, 0.15) is 6.07 Å². The van der Waals surface area contributed by atoms with Crippen molar-refractivity contribution < 1.29 is 0 Å². The van der Waals surface area contributed by atoms with Crippen molar-refractivity contribution >= 4 is 0 Å². The predicted octanol–water partition coefficient (Wildman–Crippen LogP) is 1.35. The number of hydrogen-bond acceptors (Lipinski definition) is 4. The molecular weight excluding hydrogens is 188 g/mol. The average Bonchev–Trinajstić information content (AvgIpc) is 2.30. The molecule has 2 N–H and O–H groups in total. The van der Waals surface area contributed by atoms with Gasteiger partial charge >= 0.3 is 0 Å². The van der Waals surface area contributed by atoms with Gasteiger partial charge in [0.15, 0.2) is 0 Å². The largest absolute Gasteiger partial charge is 0.268 e. The topological polar surface area (TPSA) is 65.9 Å². The van der Waals surface area contributed by atoms with E-state index in [9.17, 15) is 0 Å². The fraction of sp³-hybridized carbons (Fsp3) is 0.455. The number of pyridine rings is 1. The molecule has 0 saturated carbocycles. The number of nitrogens with zero attached hydrogens (tertiary/aromatic N) is 3. The number of nitrogens with two attached hydrogens (primary N) is 1. The molecular formula is C11H14N4. The number of hydrogen-bond donors (Lipinski definition) is 1. The minimum atomic E-state index is 0.222. The molecule has 2 heterocycles. The van der Waals surface area contributed by atoms with E-state index in [1.807, 2.05) is 11.1 Å². The van der Waals surface area contributed by atoms with Crippen LogP contribution in [0.15, 0.2) is 18.5 Å². The Bertz CT molecular complexity index is 382. The zero-order valence-corrected chi connectivity index (χ0v) is 8.56. The zero-order valence-electron chi connectivity index (χ0n) is 8.56. The molecule has 0 unspecified atom stereocenters. The second-order valence-electron chi connectivity index (χ2n) is 3.87. The van der Waals surface area contributed by atoms with Crippen molar-refractivity contribution in [3.63, 3.8) is 0 Å². The molecule has 0 bridgehead atoms. The molecule has 15 heavy (non-hydrogen) atoms. The fourth-order valence-corrected chi connectivity index (χ4v) is 2.01. The van der Waals surface area contributed by atoms with Gasteiger partial charge in [-0.15, -0.1) is 0 Å². The van der Waals surface area contributed by atoms with Gasteiger partial charge in [0.25, 0.3) is 0 Å². The van der Waals surface area contributed by atoms with E-state index in [-0.39, 0.29) is 6.04 Å². The Morgan fingerprint density at radius 1 is 1.47 bits per heavy atom. The Kier molecular flexibility index (Phi) is 2.95. The number of aromatic nitrogens is 1. The SMILES string of the molecule is N#Cc1cncc([C@@H]2CCCCN2N)c1. The summed E-state index contributed by atoms with van der Waals surface area (Å²) in [7, 11) is 0. The monoisotopic (exact) mass is 202 g/mol. The molecule has 0 spiro atoms. The van der Waals surface area contributed by atoms with Crippen molar-refractivity contribution in [3.8, 4) is 6.07 Å². The zero-order chi connectivity index (χ0) is 10.7. The van der Waals surface area contributed by atoms with Gasteiger partial charge in [-0.3, -0.25) is 10.8 Å². The Hall–Kier alpha value is -1.44. The Morgan fingerprint density at radius 3 is 3.07 bits per heavy atom. The van der Waals surface area contributed by atoms with Crippen molar-refractivity contribution in [3.05, 3.63) is 29.6 Å². The van der Waals surface area contributed by atoms with Crippen molar-refractivity contribution in [1.29, 1.82) is 5.26 Å². The molecule has 1 fully saturated rings. The molecule has 1 atom stereocenters. The van der Waals surface area contributed by atoms with Crippen molar-refractivity contribution in [2.24, 2.45) is 5.84 Å². The van der Waals surface area contributed by atoms with Crippen molar-refractivity contribution in [1.82, 2.24) is 9.99 Å². The Balaban J connectivity index is 2.24. The van der Waals surface area contributed by atoms with E-state index in [2.05, 4.69) is 11.1 Å². The quantitative estimate of drug-likeness (QED) is 0.698. The molecule has 1 aromatic rings. The summed E-state index contributed by atoms with van der Waals surface area (Å²) in [4.78, 5) is 4.06. The normalized spacial score (nSPS) is 22.3. The molecule has 0 aromatic carbocycles. The van der Waals surface area contributed by atoms with Crippen LogP contribution in [0.25, 0.3) is 0 Å². The Morgan fingerprint density at radius 2 is 2.33 bits per heavy atom. The number of nitriles is 1. The first kappa shape index (κ1) is 10.1. The maximum atomic E-state index is 8.79. The molecule has 1 aromatic heterocycles. The minimum absolute atomic E-state index is 0.222. The first-order valence-corrected chi connectivity index (χ1v) is 5.17. The average molecular weight is 202 g/mol. The van der Waals surface area contributed by atoms with Crippen molar-refractivity contribution in [2.45, 2.75) is 25.3 Å². The van der Waals surface area contributed by atoms with E-state index >= 15 is 0 Å². The summed E-state index contributed by atoms with van der Waals surface area (Å²) < 4.78 is 0. The Labute approximate surface area is 89.3 Å². The molecule has 4 heteroatoms. The van der Waals surface area contributed by atoms with E-state index in [1.54, 1.807) is 12.4 Å². The fourth-order valence-electron chi connectivity index (χ4n) is 2.01. The van der Waals surface area contributed by atoms with Crippen LogP contribution in [0.5, 0.6) is 0 Å². The van der Waals surface area contributed by atoms with Gasteiger partial charge in [-0.2, -0.15) is 5.26 Å². The highest BCUT2D eigenvalue weighted by Gasteiger charge is 2.21. The lowest BCUT2D eigenvalue weighted by molar-refractivity contribution is 0.151. The van der Waals surface area contributed by atoms with Crippen LogP contribution in [0.4, 0.5) is 0 Å². The minimum Gasteiger partial charge on any atom is -0.268 e. The second-order valence-corrected chi connectivity index (χ2v) is 3.87. The molecule has 4 nitrogen and oxygen atoms in total. The lowest BCUT2D eigenvalue weighted by Gasteiger charge is -2.31. The lowest BCUT2D eigenvalue weighted by Crippen LogP contribution is -2.38. The van der Waals surface area contributed by atoms with E-state index in [4.69, 9.17) is 11.1 Å². The maximum Gasteiger partial charge on any atom is 0.101 e. The molecule has 0 amide bonds. The van der Waals surface area contributed by atoms with Crippen LogP contribution in [0.1, 0.15) is 36.4 Å². The molecule has 2 rings (SSSR count). The third-order valence-corrected chi connectivity index (χ3v) is 2.82. The molecule has 1 aliphatic heterocycles. The molecule has 0 radical (unpaired) electrons.